The van der Waals surface area contributed by atoms with Crippen LogP contribution < -0.4 is 13.9 Å². The van der Waals surface area contributed by atoms with Crippen LogP contribution in [0.1, 0.15) is 36.5 Å². The number of hydrogen-bond donors (Lipinski definition) is 1. The molecule has 2 aliphatic rings. The fourth-order valence-corrected chi connectivity index (χ4v) is 5.42. The monoisotopic (exact) mass is 399 g/mol. The van der Waals surface area contributed by atoms with Gasteiger partial charge in [-0.2, -0.15) is 8.42 Å². The summed E-state index contributed by atoms with van der Waals surface area (Å²) in [5.41, 5.74) is 2.08. The second kappa shape index (κ2) is 6.94. The minimum Gasteiger partial charge on any atom is -0.324 e. The van der Waals surface area contributed by atoms with Gasteiger partial charge in [0, 0.05) is 17.3 Å². The number of fused-ring (bicyclic) bond motifs is 1. The molecular formula is C20H21N3O4S. The molecule has 4 rings (SSSR count). The summed E-state index contributed by atoms with van der Waals surface area (Å²) < 4.78 is 28.9. The highest BCUT2D eigenvalue weighted by atomic mass is 32.2. The van der Waals surface area contributed by atoms with E-state index in [0.717, 1.165) is 23.6 Å². The van der Waals surface area contributed by atoms with E-state index in [-0.39, 0.29) is 18.4 Å². The number of amides is 1. The Labute approximate surface area is 164 Å². The number of para-hydroxylation sites is 2. The Hall–Kier alpha value is -2.87. The van der Waals surface area contributed by atoms with Gasteiger partial charge in [0.15, 0.2) is 5.78 Å². The summed E-state index contributed by atoms with van der Waals surface area (Å²) in [4.78, 5) is 24.1. The third-order valence-corrected chi connectivity index (χ3v) is 7.04. The first-order valence-corrected chi connectivity index (χ1v) is 10.6. The van der Waals surface area contributed by atoms with Crippen molar-refractivity contribution in [2.75, 3.05) is 20.5 Å². The van der Waals surface area contributed by atoms with E-state index in [1.807, 2.05) is 0 Å². The predicted molar refractivity (Wildman–Crippen MR) is 108 cm³/mol. The van der Waals surface area contributed by atoms with Gasteiger partial charge in [0.1, 0.15) is 6.54 Å². The van der Waals surface area contributed by atoms with E-state index in [2.05, 4.69) is 5.32 Å². The predicted octanol–water partition coefficient (Wildman–Crippen LogP) is 2.95. The molecule has 0 spiro atoms. The Bertz CT molecular complexity index is 1050. The molecule has 1 fully saturated rings. The highest BCUT2D eigenvalue weighted by Gasteiger charge is 2.45. The van der Waals surface area contributed by atoms with Crippen LogP contribution in [0.5, 0.6) is 0 Å². The molecular weight excluding hydrogens is 378 g/mol. The van der Waals surface area contributed by atoms with Crippen molar-refractivity contribution in [3.63, 3.8) is 0 Å². The maximum atomic E-state index is 13.1. The Morgan fingerprint density at radius 3 is 2.43 bits per heavy atom. The van der Waals surface area contributed by atoms with Gasteiger partial charge in [0.05, 0.1) is 11.4 Å². The van der Waals surface area contributed by atoms with Crippen LogP contribution in [0, 0.1) is 0 Å². The first-order chi connectivity index (χ1) is 13.4. The van der Waals surface area contributed by atoms with Crippen molar-refractivity contribution < 1.29 is 18.0 Å². The Morgan fingerprint density at radius 2 is 1.79 bits per heavy atom. The van der Waals surface area contributed by atoms with Crippen molar-refractivity contribution in [1.29, 1.82) is 0 Å². The van der Waals surface area contributed by atoms with Crippen LogP contribution in [0.2, 0.25) is 0 Å². The summed E-state index contributed by atoms with van der Waals surface area (Å²) in [5, 5.41) is 2.69. The number of Topliss-reactive ketones (excluding diaryl/α,β-unsaturated/α-hetero) is 1. The van der Waals surface area contributed by atoms with Gasteiger partial charge in [-0.3, -0.25) is 9.59 Å². The summed E-state index contributed by atoms with van der Waals surface area (Å²) in [6, 6.07) is 13.6. The standard InChI is InChI=1S/C20H21N3O4S/c1-14(24)15-6-4-7-16(12-15)21-20(25)13-22-18-10-2-3-11-19(18)23(28(22,26)27)17-8-5-9-17/h2-4,6-7,10-12,17H,5,8-9,13H2,1H3,(H,21,25). The fourth-order valence-electron chi connectivity index (χ4n) is 3.54. The van der Waals surface area contributed by atoms with Gasteiger partial charge in [-0.05, 0) is 50.5 Å². The number of rotatable bonds is 5. The maximum Gasteiger partial charge on any atom is 0.327 e. The molecule has 28 heavy (non-hydrogen) atoms. The molecule has 1 saturated carbocycles. The summed E-state index contributed by atoms with van der Waals surface area (Å²) in [6.45, 7) is 1.12. The van der Waals surface area contributed by atoms with E-state index < -0.39 is 16.1 Å². The van der Waals surface area contributed by atoms with Gasteiger partial charge in [-0.1, -0.05) is 24.3 Å². The minimum atomic E-state index is -3.80. The number of ketones is 1. The molecule has 1 amide bonds. The fraction of sp³-hybridized carbons (Fsp3) is 0.300. The van der Waals surface area contributed by atoms with Crippen molar-refractivity contribution in [2.24, 2.45) is 0 Å². The van der Waals surface area contributed by atoms with Crippen molar-refractivity contribution in [1.82, 2.24) is 0 Å². The highest BCUT2D eigenvalue weighted by Crippen LogP contribution is 2.45. The molecule has 0 saturated heterocycles. The summed E-state index contributed by atoms with van der Waals surface area (Å²) in [5.74, 6) is -0.571. The first-order valence-electron chi connectivity index (χ1n) is 9.20. The highest BCUT2D eigenvalue weighted by molar-refractivity contribution is 7.94. The lowest BCUT2D eigenvalue weighted by Gasteiger charge is -2.35. The molecule has 1 heterocycles. The normalized spacial score (nSPS) is 17.8. The number of anilines is 3. The van der Waals surface area contributed by atoms with Crippen LogP contribution in [0.4, 0.5) is 17.1 Å². The Kier molecular flexibility index (Phi) is 4.58. The van der Waals surface area contributed by atoms with Crippen molar-refractivity contribution in [3.05, 3.63) is 54.1 Å². The van der Waals surface area contributed by atoms with Crippen molar-refractivity contribution in [2.45, 2.75) is 32.2 Å². The van der Waals surface area contributed by atoms with E-state index in [0.29, 0.717) is 22.6 Å². The molecule has 2 aromatic carbocycles. The molecule has 0 radical (unpaired) electrons. The molecule has 8 heteroatoms. The van der Waals surface area contributed by atoms with E-state index >= 15 is 0 Å². The van der Waals surface area contributed by atoms with E-state index in [4.69, 9.17) is 0 Å². The minimum absolute atomic E-state index is 0.0496. The zero-order valence-electron chi connectivity index (χ0n) is 15.5. The molecule has 0 atom stereocenters. The quantitative estimate of drug-likeness (QED) is 0.783. The van der Waals surface area contributed by atoms with E-state index in [9.17, 15) is 18.0 Å². The lowest BCUT2D eigenvalue weighted by atomic mass is 9.93. The topological polar surface area (TPSA) is 86.8 Å². The number of carbonyl (C=O) groups is 2. The Balaban J connectivity index is 1.58. The van der Waals surface area contributed by atoms with Crippen LogP contribution in [0.3, 0.4) is 0 Å². The van der Waals surface area contributed by atoms with Gasteiger partial charge in [0.25, 0.3) is 0 Å². The molecule has 146 valence electrons. The van der Waals surface area contributed by atoms with Gasteiger partial charge in [-0.25, -0.2) is 8.61 Å². The van der Waals surface area contributed by atoms with Crippen LogP contribution in [-0.2, 0) is 15.0 Å². The third kappa shape index (κ3) is 3.13. The molecule has 1 aliphatic heterocycles. The van der Waals surface area contributed by atoms with E-state index in [1.54, 1.807) is 48.5 Å². The van der Waals surface area contributed by atoms with Gasteiger partial charge < -0.3 is 5.32 Å². The molecule has 0 unspecified atom stereocenters. The van der Waals surface area contributed by atoms with Crippen LogP contribution in [0.15, 0.2) is 48.5 Å². The number of hydrogen-bond acceptors (Lipinski definition) is 4. The average Bonchev–Trinajstić information content (AvgIpc) is 2.82. The zero-order chi connectivity index (χ0) is 19.9. The second-order valence-corrected chi connectivity index (χ2v) is 8.80. The SMILES string of the molecule is CC(=O)c1cccc(NC(=O)CN2c3ccccc3N(C3CCC3)S2(=O)=O)c1. The summed E-state index contributed by atoms with van der Waals surface area (Å²) in [6.07, 6.45) is 2.66. The molecule has 0 bridgehead atoms. The zero-order valence-corrected chi connectivity index (χ0v) is 16.3. The van der Waals surface area contributed by atoms with Gasteiger partial charge in [0.2, 0.25) is 5.91 Å². The third-order valence-electron chi connectivity index (χ3n) is 5.16. The smallest absolute Gasteiger partial charge is 0.324 e. The van der Waals surface area contributed by atoms with Crippen LogP contribution in [-0.4, -0.2) is 32.7 Å². The molecule has 2 aromatic rings. The largest absolute Gasteiger partial charge is 0.327 e. The van der Waals surface area contributed by atoms with Crippen LogP contribution in [0.25, 0.3) is 0 Å². The average molecular weight is 399 g/mol. The molecule has 7 nitrogen and oxygen atoms in total. The summed E-state index contributed by atoms with van der Waals surface area (Å²) in [7, 11) is -3.80. The van der Waals surface area contributed by atoms with Gasteiger partial charge >= 0.3 is 10.2 Å². The van der Waals surface area contributed by atoms with Gasteiger partial charge in [-0.15, -0.1) is 0 Å². The van der Waals surface area contributed by atoms with Crippen molar-refractivity contribution >= 4 is 39.0 Å². The number of benzene rings is 2. The lowest BCUT2D eigenvalue weighted by molar-refractivity contribution is -0.114. The first kappa shape index (κ1) is 18.5. The number of nitrogens with one attached hydrogen (secondary N) is 1. The molecule has 1 aliphatic carbocycles. The maximum absolute atomic E-state index is 13.1. The number of nitrogens with zero attached hydrogens (tertiary/aromatic N) is 2. The summed E-state index contributed by atoms with van der Waals surface area (Å²) >= 11 is 0. The molecule has 0 aromatic heterocycles. The molecule has 1 N–H and O–H groups in total. The van der Waals surface area contributed by atoms with Crippen molar-refractivity contribution in [3.8, 4) is 0 Å². The van der Waals surface area contributed by atoms with E-state index in [1.165, 1.54) is 11.2 Å². The second-order valence-electron chi connectivity index (χ2n) is 7.07. The Morgan fingerprint density at radius 1 is 1.07 bits per heavy atom. The lowest BCUT2D eigenvalue weighted by Crippen LogP contribution is -2.48. The number of carbonyl (C=O) groups excluding carboxylic acids is 2. The van der Waals surface area contributed by atoms with Crippen LogP contribution >= 0.6 is 0 Å².